The highest BCUT2D eigenvalue weighted by atomic mass is 15.3. The lowest BCUT2D eigenvalue weighted by molar-refractivity contribution is 0.713. The number of rotatable bonds is 8. The Kier molecular flexibility index (Phi) is 5.48. The molecule has 0 atom stereocenters. The highest BCUT2D eigenvalue weighted by molar-refractivity contribution is 5.40. The molecule has 2 rings (SSSR count). The fraction of sp³-hybridized carbons (Fsp3) is 0.571. The molecule has 0 fully saturated rings. The maximum Gasteiger partial charge on any atom is 0.241 e. The molecule has 0 spiro atoms. The molecule has 2 aromatic heterocycles. The summed E-state index contributed by atoms with van der Waals surface area (Å²) < 4.78 is 1.79. The van der Waals surface area contributed by atoms with Gasteiger partial charge in [-0.2, -0.15) is 15.0 Å². The van der Waals surface area contributed by atoms with Crippen molar-refractivity contribution in [3.63, 3.8) is 0 Å². The molecular weight excluding hydrogens is 266 g/mol. The summed E-state index contributed by atoms with van der Waals surface area (Å²) >= 11 is 0. The maximum atomic E-state index is 4.58. The van der Waals surface area contributed by atoms with E-state index in [4.69, 9.17) is 0 Å². The van der Waals surface area contributed by atoms with Crippen LogP contribution in [0.15, 0.2) is 18.7 Å². The molecule has 21 heavy (non-hydrogen) atoms. The third kappa shape index (κ3) is 3.90. The van der Waals surface area contributed by atoms with E-state index in [1.807, 2.05) is 13.1 Å². The summed E-state index contributed by atoms with van der Waals surface area (Å²) in [6.07, 6.45) is 7.36. The average Bonchev–Trinajstić information content (AvgIpc) is 3.01. The molecule has 0 saturated carbocycles. The van der Waals surface area contributed by atoms with Crippen molar-refractivity contribution in [3.05, 3.63) is 18.7 Å². The minimum Gasteiger partial charge on any atom is -0.354 e. The van der Waals surface area contributed by atoms with Gasteiger partial charge in [0.2, 0.25) is 17.8 Å². The molecule has 0 radical (unpaired) electrons. The molecule has 7 nitrogen and oxygen atoms in total. The highest BCUT2D eigenvalue weighted by Crippen LogP contribution is 2.14. The van der Waals surface area contributed by atoms with Crippen molar-refractivity contribution in [1.29, 1.82) is 0 Å². The minimum atomic E-state index is 0.589. The number of anilines is 2. The lowest BCUT2D eigenvalue weighted by Crippen LogP contribution is -2.28. The molecule has 0 aromatic carbocycles. The number of nitrogens with one attached hydrogen (secondary N) is 1. The van der Waals surface area contributed by atoms with Crippen molar-refractivity contribution in [1.82, 2.24) is 24.5 Å². The number of hydrogen-bond donors (Lipinski definition) is 1. The van der Waals surface area contributed by atoms with Gasteiger partial charge in [-0.25, -0.2) is 4.98 Å². The lowest BCUT2D eigenvalue weighted by atomic mass is 10.4. The van der Waals surface area contributed by atoms with E-state index in [0.29, 0.717) is 17.8 Å². The number of imidazole rings is 1. The van der Waals surface area contributed by atoms with Crippen LogP contribution in [-0.2, 0) is 0 Å². The van der Waals surface area contributed by atoms with Crippen LogP contribution < -0.4 is 10.2 Å². The second-order valence-electron chi connectivity index (χ2n) is 4.75. The fourth-order valence-electron chi connectivity index (χ4n) is 2.08. The van der Waals surface area contributed by atoms with Gasteiger partial charge in [0.05, 0.1) is 0 Å². The van der Waals surface area contributed by atoms with Crippen LogP contribution in [0.3, 0.4) is 0 Å². The molecule has 0 aliphatic carbocycles. The molecule has 0 unspecified atom stereocenters. The zero-order valence-electron chi connectivity index (χ0n) is 13.0. The largest absolute Gasteiger partial charge is 0.354 e. The summed E-state index contributed by atoms with van der Waals surface area (Å²) in [5.41, 5.74) is 0. The summed E-state index contributed by atoms with van der Waals surface area (Å²) in [6, 6.07) is 0. The monoisotopic (exact) mass is 289 g/mol. The average molecular weight is 289 g/mol. The molecule has 0 aliphatic heterocycles. The molecule has 2 heterocycles. The van der Waals surface area contributed by atoms with Crippen molar-refractivity contribution in [2.45, 2.75) is 33.6 Å². The molecule has 0 bridgehead atoms. The van der Waals surface area contributed by atoms with E-state index in [1.54, 1.807) is 17.1 Å². The van der Waals surface area contributed by atoms with Crippen LogP contribution in [0.1, 0.15) is 33.6 Å². The molecule has 0 aliphatic rings. The lowest BCUT2D eigenvalue weighted by Gasteiger charge is -2.22. The topological polar surface area (TPSA) is 71.8 Å². The third-order valence-electron chi connectivity index (χ3n) is 2.95. The van der Waals surface area contributed by atoms with E-state index in [9.17, 15) is 0 Å². The van der Waals surface area contributed by atoms with Gasteiger partial charge in [-0.15, -0.1) is 0 Å². The zero-order valence-corrected chi connectivity index (χ0v) is 13.0. The van der Waals surface area contributed by atoms with E-state index in [0.717, 1.165) is 32.5 Å². The van der Waals surface area contributed by atoms with E-state index >= 15 is 0 Å². The van der Waals surface area contributed by atoms with Crippen molar-refractivity contribution >= 4 is 11.9 Å². The normalized spacial score (nSPS) is 10.6. The maximum absolute atomic E-state index is 4.58. The summed E-state index contributed by atoms with van der Waals surface area (Å²) in [7, 11) is 0. The summed E-state index contributed by atoms with van der Waals surface area (Å²) in [5.74, 6) is 1.91. The Bertz CT molecular complexity index is 532. The Morgan fingerprint density at radius 1 is 1.10 bits per heavy atom. The van der Waals surface area contributed by atoms with Crippen molar-refractivity contribution in [2.75, 3.05) is 29.9 Å². The zero-order chi connectivity index (χ0) is 15.1. The van der Waals surface area contributed by atoms with Crippen molar-refractivity contribution in [3.8, 4) is 5.95 Å². The second-order valence-corrected chi connectivity index (χ2v) is 4.75. The van der Waals surface area contributed by atoms with Crippen LogP contribution in [0.2, 0.25) is 0 Å². The number of nitrogens with zero attached hydrogens (tertiary/aromatic N) is 6. The van der Waals surface area contributed by atoms with Crippen LogP contribution in [0.25, 0.3) is 5.95 Å². The van der Waals surface area contributed by atoms with Gasteiger partial charge in [0.25, 0.3) is 0 Å². The first kappa shape index (κ1) is 15.2. The van der Waals surface area contributed by atoms with E-state index in [1.165, 1.54) is 0 Å². The molecule has 0 amide bonds. The first-order chi connectivity index (χ1) is 10.3. The van der Waals surface area contributed by atoms with Gasteiger partial charge in [0, 0.05) is 32.0 Å². The smallest absolute Gasteiger partial charge is 0.241 e. The predicted molar refractivity (Wildman–Crippen MR) is 83.9 cm³/mol. The van der Waals surface area contributed by atoms with Crippen LogP contribution in [-0.4, -0.2) is 44.1 Å². The Balaban J connectivity index is 2.38. The summed E-state index contributed by atoms with van der Waals surface area (Å²) in [4.78, 5) is 19.8. The molecule has 2 aromatic rings. The molecule has 1 N–H and O–H groups in total. The van der Waals surface area contributed by atoms with Gasteiger partial charge in [0.15, 0.2) is 0 Å². The number of hydrogen-bond acceptors (Lipinski definition) is 6. The molecule has 114 valence electrons. The summed E-state index contributed by atoms with van der Waals surface area (Å²) in [6.45, 7) is 8.99. The minimum absolute atomic E-state index is 0.589. The second kappa shape index (κ2) is 7.56. The molecule has 7 heteroatoms. The Hall–Kier alpha value is -2.18. The van der Waals surface area contributed by atoms with E-state index in [-0.39, 0.29) is 0 Å². The predicted octanol–water partition coefficient (Wildman–Crippen LogP) is 2.12. The Labute approximate surface area is 125 Å². The molecule has 0 saturated heterocycles. The fourth-order valence-corrected chi connectivity index (χ4v) is 2.08. The van der Waals surface area contributed by atoms with Crippen LogP contribution in [0.4, 0.5) is 11.9 Å². The van der Waals surface area contributed by atoms with Crippen LogP contribution in [0.5, 0.6) is 0 Å². The SMILES string of the molecule is CCCN(CCC)c1nc(NCC)nc(-n2ccnc2)n1. The third-order valence-corrected chi connectivity index (χ3v) is 2.95. The van der Waals surface area contributed by atoms with Gasteiger partial charge < -0.3 is 10.2 Å². The van der Waals surface area contributed by atoms with Crippen LogP contribution >= 0.6 is 0 Å². The van der Waals surface area contributed by atoms with E-state index < -0.39 is 0 Å². The highest BCUT2D eigenvalue weighted by Gasteiger charge is 2.13. The van der Waals surface area contributed by atoms with Gasteiger partial charge in [0.1, 0.15) is 6.33 Å². The Morgan fingerprint density at radius 2 is 1.86 bits per heavy atom. The van der Waals surface area contributed by atoms with Gasteiger partial charge in [-0.05, 0) is 19.8 Å². The van der Waals surface area contributed by atoms with Crippen molar-refractivity contribution < 1.29 is 0 Å². The standard InChI is InChI=1S/C14H23N7/c1-4-8-20(9-5-2)13-17-12(16-6-3)18-14(19-13)21-10-7-15-11-21/h7,10-11H,4-6,8-9H2,1-3H3,(H,16,17,18,19). The first-order valence-corrected chi connectivity index (χ1v) is 7.51. The first-order valence-electron chi connectivity index (χ1n) is 7.51. The van der Waals surface area contributed by atoms with Gasteiger partial charge in [-0.1, -0.05) is 13.8 Å². The Morgan fingerprint density at radius 3 is 2.43 bits per heavy atom. The van der Waals surface area contributed by atoms with Crippen molar-refractivity contribution in [2.24, 2.45) is 0 Å². The molecular formula is C14H23N7. The van der Waals surface area contributed by atoms with E-state index in [2.05, 4.69) is 44.0 Å². The van der Waals surface area contributed by atoms with Crippen LogP contribution in [0, 0.1) is 0 Å². The van der Waals surface area contributed by atoms with Gasteiger partial charge in [-0.3, -0.25) is 4.57 Å². The van der Waals surface area contributed by atoms with Gasteiger partial charge >= 0.3 is 0 Å². The quantitative estimate of drug-likeness (QED) is 0.802. The summed E-state index contributed by atoms with van der Waals surface area (Å²) in [5, 5.41) is 3.17. The number of aromatic nitrogens is 5.